The molecule has 4 heteroatoms. The summed E-state index contributed by atoms with van der Waals surface area (Å²) < 4.78 is 1.13. The number of halogens is 1. The van der Waals surface area contributed by atoms with Crippen molar-refractivity contribution < 1.29 is 4.79 Å². The summed E-state index contributed by atoms with van der Waals surface area (Å²) in [6.45, 7) is 4.35. The maximum atomic E-state index is 11.4. The number of carbonyl (C=O) groups excluding carboxylic acids is 1. The average Bonchev–Trinajstić information content (AvgIpc) is 2.31. The van der Waals surface area contributed by atoms with Gasteiger partial charge in [-0.15, -0.1) is 0 Å². The van der Waals surface area contributed by atoms with Crippen molar-refractivity contribution in [3.63, 3.8) is 0 Å². The van der Waals surface area contributed by atoms with Crippen LogP contribution >= 0.6 is 22.6 Å². The number of hydrogen-bond donors (Lipinski definition) is 1. The van der Waals surface area contributed by atoms with Crippen LogP contribution in [0.25, 0.3) is 0 Å². The second kappa shape index (κ2) is 6.60. The fourth-order valence-corrected chi connectivity index (χ4v) is 1.97. The van der Waals surface area contributed by atoms with Crippen LogP contribution in [0.5, 0.6) is 0 Å². The number of amides is 1. The molecule has 0 heterocycles. The van der Waals surface area contributed by atoms with Gasteiger partial charge in [0.2, 0.25) is 5.91 Å². The lowest BCUT2D eigenvalue weighted by Crippen LogP contribution is -2.29. The Labute approximate surface area is 115 Å². The minimum Gasteiger partial charge on any atom is -0.356 e. The highest BCUT2D eigenvalue weighted by Crippen LogP contribution is 2.14. The van der Waals surface area contributed by atoms with Crippen LogP contribution in [0.2, 0.25) is 0 Å². The number of nitrogens with one attached hydrogen (secondary N) is 1. The van der Waals surface area contributed by atoms with Crippen LogP contribution < -0.4 is 5.32 Å². The Morgan fingerprint density at radius 1 is 1.53 bits per heavy atom. The van der Waals surface area contributed by atoms with E-state index in [2.05, 4.69) is 34.0 Å². The van der Waals surface area contributed by atoms with Crippen LogP contribution in [-0.4, -0.2) is 12.5 Å². The molecule has 0 radical (unpaired) electrons. The fourth-order valence-electron chi connectivity index (χ4n) is 1.36. The van der Waals surface area contributed by atoms with E-state index in [4.69, 9.17) is 5.26 Å². The van der Waals surface area contributed by atoms with Crippen molar-refractivity contribution in [3.05, 3.63) is 32.9 Å². The standard InChI is InChI=1S/C13H15IN2O/c1-9(2)13(17)16-6-5-11-7-10(8-15)3-4-12(11)14/h3-4,7,9H,5-6H2,1-2H3,(H,16,17). The first-order valence-electron chi connectivity index (χ1n) is 5.51. The SMILES string of the molecule is CC(C)C(=O)NCCc1cc(C#N)ccc1I. The molecule has 0 spiro atoms. The van der Waals surface area contributed by atoms with Gasteiger partial charge in [0.05, 0.1) is 11.6 Å². The van der Waals surface area contributed by atoms with Gasteiger partial charge in [-0.1, -0.05) is 13.8 Å². The van der Waals surface area contributed by atoms with Crippen molar-refractivity contribution in [3.8, 4) is 6.07 Å². The lowest BCUT2D eigenvalue weighted by atomic mass is 10.1. The Bertz CT molecular complexity index is 449. The van der Waals surface area contributed by atoms with E-state index in [1.807, 2.05) is 26.0 Å². The Morgan fingerprint density at radius 2 is 2.24 bits per heavy atom. The van der Waals surface area contributed by atoms with Crippen molar-refractivity contribution in [1.29, 1.82) is 5.26 Å². The number of carbonyl (C=O) groups is 1. The molecule has 0 aliphatic rings. The molecule has 1 aromatic rings. The smallest absolute Gasteiger partial charge is 0.222 e. The van der Waals surface area contributed by atoms with Crippen LogP contribution in [0.15, 0.2) is 18.2 Å². The average molecular weight is 342 g/mol. The zero-order chi connectivity index (χ0) is 12.8. The molecule has 3 nitrogen and oxygen atoms in total. The summed E-state index contributed by atoms with van der Waals surface area (Å²) in [4.78, 5) is 11.4. The van der Waals surface area contributed by atoms with Gasteiger partial charge >= 0.3 is 0 Å². The van der Waals surface area contributed by atoms with Crippen LogP contribution in [0.4, 0.5) is 0 Å². The summed E-state index contributed by atoms with van der Waals surface area (Å²) in [5, 5.41) is 11.7. The summed E-state index contributed by atoms with van der Waals surface area (Å²) in [6, 6.07) is 7.73. The topological polar surface area (TPSA) is 52.9 Å². The maximum Gasteiger partial charge on any atom is 0.222 e. The van der Waals surface area contributed by atoms with Gasteiger partial charge in [0.25, 0.3) is 0 Å². The molecule has 90 valence electrons. The molecule has 0 unspecified atom stereocenters. The Kier molecular flexibility index (Phi) is 5.42. The highest BCUT2D eigenvalue weighted by atomic mass is 127. The Hall–Kier alpha value is -1.09. The van der Waals surface area contributed by atoms with Gasteiger partial charge < -0.3 is 5.32 Å². The summed E-state index contributed by atoms with van der Waals surface area (Å²) in [7, 11) is 0. The number of rotatable bonds is 4. The quantitative estimate of drug-likeness (QED) is 0.855. The van der Waals surface area contributed by atoms with Gasteiger partial charge in [0.15, 0.2) is 0 Å². The van der Waals surface area contributed by atoms with E-state index >= 15 is 0 Å². The molecular weight excluding hydrogens is 327 g/mol. The van der Waals surface area contributed by atoms with Crippen molar-refractivity contribution >= 4 is 28.5 Å². The lowest BCUT2D eigenvalue weighted by Gasteiger charge is -2.08. The second-order valence-corrected chi connectivity index (χ2v) is 5.28. The molecule has 0 saturated carbocycles. The third kappa shape index (κ3) is 4.35. The molecule has 0 aromatic heterocycles. The molecule has 0 saturated heterocycles. The molecule has 0 bridgehead atoms. The van der Waals surface area contributed by atoms with Crippen molar-refractivity contribution in [2.24, 2.45) is 5.92 Å². The summed E-state index contributed by atoms with van der Waals surface area (Å²) in [5.41, 5.74) is 1.77. The minimum atomic E-state index is 0.0134. The van der Waals surface area contributed by atoms with E-state index in [-0.39, 0.29) is 11.8 Å². The molecule has 1 rings (SSSR count). The molecule has 17 heavy (non-hydrogen) atoms. The van der Waals surface area contributed by atoms with Gasteiger partial charge in [0, 0.05) is 16.0 Å². The maximum absolute atomic E-state index is 11.4. The van der Waals surface area contributed by atoms with Crippen LogP contribution in [-0.2, 0) is 11.2 Å². The van der Waals surface area contributed by atoms with E-state index in [1.165, 1.54) is 0 Å². The number of hydrogen-bond acceptors (Lipinski definition) is 2. The third-order valence-electron chi connectivity index (χ3n) is 2.39. The Morgan fingerprint density at radius 3 is 2.82 bits per heavy atom. The molecule has 1 N–H and O–H groups in total. The predicted octanol–water partition coefficient (Wildman–Crippen LogP) is 2.48. The van der Waals surface area contributed by atoms with Crippen LogP contribution in [0, 0.1) is 20.8 Å². The number of nitrogens with zero attached hydrogens (tertiary/aromatic N) is 1. The summed E-state index contributed by atoms with van der Waals surface area (Å²) in [5.74, 6) is 0.0796. The fraction of sp³-hybridized carbons (Fsp3) is 0.385. The molecular formula is C13H15IN2O. The Balaban J connectivity index is 2.58. The zero-order valence-electron chi connectivity index (χ0n) is 9.96. The molecule has 1 amide bonds. The van der Waals surface area contributed by atoms with Gasteiger partial charge in [-0.25, -0.2) is 0 Å². The predicted molar refractivity (Wildman–Crippen MR) is 75.4 cm³/mol. The first-order valence-corrected chi connectivity index (χ1v) is 6.58. The molecule has 0 aliphatic heterocycles. The first kappa shape index (κ1) is 14.0. The zero-order valence-corrected chi connectivity index (χ0v) is 12.1. The van der Waals surface area contributed by atoms with E-state index in [0.717, 1.165) is 15.6 Å². The highest BCUT2D eigenvalue weighted by Gasteiger charge is 2.06. The normalized spacial score (nSPS) is 10.1. The second-order valence-electron chi connectivity index (χ2n) is 4.11. The number of nitriles is 1. The summed E-state index contributed by atoms with van der Waals surface area (Å²) in [6.07, 6.45) is 0.756. The van der Waals surface area contributed by atoms with E-state index in [1.54, 1.807) is 6.07 Å². The van der Waals surface area contributed by atoms with Crippen molar-refractivity contribution in [1.82, 2.24) is 5.32 Å². The monoisotopic (exact) mass is 342 g/mol. The molecule has 0 aliphatic carbocycles. The third-order valence-corrected chi connectivity index (χ3v) is 3.45. The van der Waals surface area contributed by atoms with Crippen LogP contribution in [0.3, 0.4) is 0 Å². The van der Waals surface area contributed by atoms with E-state index in [9.17, 15) is 4.79 Å². The van der Waals surface area contributed by atoms with Crippen molar-refractivity contribution in [2.75, 3.05) is 6.54 Å². The minimum absolute atomic E-state index is 0.0134. The molecule has 0 atom stereocenters. The van der Waals surface area contributed by atoms with Gasteiger partial charge in [-0.2, -0.15) is 5.26 Å². The first-order chi connectivity index (χ1) is 8.04. The largest absolute Gasteiger partial charge is 0.356 e. The van der Waals surface area contributed by atoms with Gasteiger partial charge in [-0.3, -0.25) is 4.79 Å². The van der Waals surface area contributed by atoms with E-state index in [0.29, 0.717) is 12.1 Å². The molecule has 0 fully saturated rings. The number of benzene rings is 1. The highest BCUT2D eigenvalue weighted by molar-refractivity contribution is 14.1. The summed E-state index contributed by atoms with van der Waals surface area (Å²) >= 11 is 2.24. The van der Waals surface area contributed by atoms with Gasteiger partial charge in [-0.05, 0) is 52.8 Å². The van der Waals surface area contributed by atoms with Crippen molar-refractivity contribution in [2.45, 2.75) is 20.3 Å². The van der Waals surface area contributed by atoms with E-state index < -0.39 is 0 Å². The van der Waals surface area contributed by atoms with Crippen LogP contribution in [0.1, 0.15) is 25.0 Å². The molecule has 1 aromatic carbocycles. The van der Waals surface area contributed by atoms with Gasteiger partial charge in [0.1, 0.15) is 0 Å². The lowest BCUT2D eigenvalue weighted by molar-refractivity contribution is -0.123.